The molecule has 0 aliphatic carbocycles. The van der Waals surface area contributed by atoms with Gasteiger partial charge in [-0.2, -0.15) is 0 Å². The number of likely N-dealkylation sites (N-methyl/N-ethyl adjacent to an activating group) is 1. The Hall–Kier alpha value is -1.39. The van der Waals surface area contributed by atoms with E-state index in [0.717, 1.165) is 0 Å². The van der Waals surface area contributed by atoms with Crippen LogP contribution in [0.1, 0.15) is 94.9 Å². The van der Waals surface area contributed by atoms with Gasteiger partial charge in [0, 0.05) is 31.4 Å². The Kier molecular flexibility index (Phi) is 12.8. The van der Waals surface area contributed by atoms with E-state index in [-0.39, 0.29) is 30.9 Å². The molecule has 0 radical (unpaired) electrons. The molecule has 4 N–H and O–H groups in total. The van der Waals surface area contributed by atoms with Crippen LogP contribution in [-0.2, 0) is 38.0 Å². The predicted molar refractivity (Wildman–Crippen MR) is 184 cm³/mol. The summed E-state index contributed by atoms with van der Waals surface area (Å²) in [6.45, 7) is 18.0. The molecule has 50 heavy (non-hydrogen) atoms. The van der Waals surface area contributed by atoms with Crippen LogP contribution in [0, 0.1) is 17.8 Å². The maximum absolute atomic E-state index is 14.1. The molecule has 17 atom stereocenters. The molecular formula is C37H65NO12. The monoisotopic (exact) mass is 715 g/mol. The molecule has 3 fully saturated rings. The van der Waals surface area contributed by atoms with E-state index in [9.17, 15) is 25.2 Å². The topological polar surface area (TPSA) is 166 Å². The fourth-order valence-electron chi connectivity index (χ4n) is 8.75. The van der Waals surface area contributed by atoms with Crippen LogP contribution in [-0.4, -0.2) is 137 Å². The Labute approximate surface area is 298 Å². The molecule has 13 heteroatoms. The summed E-state index contributed by atoms with van der Waals surface area (Å²) in [6, 6.07) is -0.234. The van der Waals surface area contributed by atoms with E-state index in [1.54, 1.807) is 34.6 Å². The van der Waals surface area contributed by atoms with Crippen LogP contribution in [0.5, 0.6) is 0 Å². The van der Waals surface area contributed by atoms with Crippen LogP contribution in [0.4, 0.5) is 0 Å². The van der Waals surface area contributed by atoms with Crippen LogP contribution in [0.25, 0.3) is 0 Å². The van der Waals surface area contributed by atoms with E-state index in [2.05, 4.69) is 0 Å². The minimum Gasteiger partial charge on any atom is -0.489 e. The molecule has 2 unspecified atom stereocenters. The zero-order valence-electron chi connectivity index (χ0n) is 32.4. The molecular weight excluding hydrogens is 650 g/mol. The van der Waals surface area contributed by atoms with E-state index >= 15 is 0 Å². The fraction of sp³-hybridized carbons (Fsp3) is 0.919. The number of fused-ring (bicyclic) bond motifs is 2. The van der Waals surface area contributed by atoms with Crippen molar-refractivity contribution in [1.29, 1.82) is 0 Å². The first-order chi connectivity index (χ1) is 23.1. The van der Waals surface area contributed by atoms with Gasteiger partial charge in [-0.1, -0.05) is 20.8 Å². The molecule has 4 aliphatic heterocycles. The Morgan fingerprint density at radius 2 is 1.62 bits per heavy atom. The second kappa shape index (κ2) is 15.5. The van der Waals surface area contributed by atoms with Crippen LogP contribution in [0.2, 0.25) is 0 Å². The van der Waals surface area contributed by atoms with E-state index < -0.39 is 89.9 Å². The number of hydrogen-bond donors (Lipinski definition) is 4. The number of carbonyl (C=O) groups excluding carboxylic acids is 1. The van der Waals surface area contributed by atoms with Gasteiger partial charge >= 0.3 is 5.97 Å². The lowest BCUT2D eigenvalue weighted by Crippen LogP contribution is -2.60. The molecule has 0 saturated carbocycles. The average Bonchev–Trinajstić information content (AvgIpc) is 3.37. The second-order valence-electron chi connectivity index (χ2n) is 16.3. The number of methoxy groups -OCH3 is 1. The van der Waals surface area contributed by atoms with Gasteiger partial charge in [0.15, 0.2) is 12.6 Å². The van der Waals surface area contributed by atoms with Crippen molar-refractivity contribution in [2.75, 3.05) is 21.2 Å². The highest BCUT2D eigenvalue weighted by Crippen LogP contribution is 2.48. The number of nitrogens with zero attached hydrogens (tertiary/aromatic N) is 1. The number of aliphatic hydroxyl groups is 4. The van der Waals surface area contributed by atoms with Crippen molar-refractivity contribution in [3.05, 3.63) is 11.3 Å². The van der Waals surface area contributed by atoms with Crippen LogP contribution < -0.4 is 0 Å². The Bertz CT molecular complexity index is 1210. The first-order valence-corrected chi connectivity index (χ1v) is 18.3. The summed E-state index contributed by atoms with van der Waals surface area (Å²) in [5.74, 6) is -1.83. The maximum atomic E-state index is 14.1. The first-order valence-electron chi connectivity index (χ1n) is 18.3. The molecule has 4 heterocycles. The van der Waals surface area contributed by atoms with Crippen molar-refractivity contribution < 1.29 is 58.4 Å². The molecule has 13 nitrogen and oxygen atoms in total. The molecule has 290 valence electrons. The molecule has 2 bridgehead atoms. The number of ether oxygens (including phenoxy) is 7. The van der Waals surface area contributed by atoms with Gasteiger partial charge in [0.2, 0.25) is 0 Å². The molecule has 3 saturated heterocycles. The smallest absolute Gasteiger partial charge is 0.311 e. The van der Waals surface area contributed by atoms with Crippen molar-refractivity contribution in [3.8, 4) is 0 Å². The number of rotatable bonds is 7. The molecule has 4 aliphatic rings. The number of cyclic esters (lactones) is 1. The predicted octanol–water partition coefficient (Wildman–Crippen LogP) is 2.89. The van der Waals surface area contributed by atoms with Crippen LogP contribution in [0.3, 0.4) is 0 Å². The van der Waals surface area contributed by atoms with Crippen LogP contribution in [0.15, 0.2) is 11.3 Å². The molecule has 0 aromatic rings. The third-order valence-corrected chi connectivity index (χ3v) is 11.9. The Morgan fingerprint density at radius 3 is 2.20 bits per heavy atom. The summed E-state index contributed by atoms with van der Waals surface area (Å²) in [6.07, 6.45) is -7.39. The highest BCUT2D eigenvalue weighted by molar-refractivity contribution is 5.73. The average molecular weight is 716 g/mol. The van der Waals surface area contributed by atoms with Crippen molar-refractivity contribution in [2.45, 2.75) is 179 Å². The van der Waals surface area contributed by atoms with Crippen molar-refractivity contribution >= 4 is 5.97 Å². The van der Waals surface area contributed by atoms with E-state index in [4.69, 9.17) is 33.2 Å². The highest BCUT2D eigenvalue weighted by atomic mass is 16.7. The van der Waals surface area contributed by atoms with E-state index in [1.165, 1.54) is 14.0 Å². The van der Waals surface area contributed by atoms with Gasteiger partial charge in [0.25, 0.3) is 0 Å². The summed E-state index contributed by atoms with van der Waals surface area (Å²) in [4.78, 5) is 16.1. The van der Waals surface area contributed by atoms with Gasteiger partial charge in [-0.05, 0) is 87.4 Å². The van der Waals surface area contributed by atoms with Crippen molar-refractivity contribution in [3.63, 3.8) is 0 Å². The summed E-state index contributed by atoms with van der Waals surface area (Å²) in [5.41, 5.74) is -3.45. The maximum Gasteiger partial charge on any atom is 0.311 e. The number of hydrogen-bond acceptors (Lipinski definition) is 13. The Balaban J connectivity index is 1.86. The Morgan fingerprint density at radius 1 is 0.980 bits per heavy atom. The normalized spacial score (nSPS) is 49.5. The molecule has 0 amide bonds. The molecule has 0 aromatic heterocycles. The van der Waals surface area contributed by atoms with Gasteiger partial charge in [-0.25, -0.2) is 0 Å². The number of aliphatic hydroxyl groups excluding tert-OH is 3. The highest BCUT2D eigenvalue weighted by Gasteiger charge is 2.56. The standard InChI is InChI=1S/C37H65NO12/c1-14-25-37(10,43)30(40)20(4)28-18(2)16-36(9,50-28)32(49-34-27(39)24(38(11)12)15-19(3)45-34)21(5)29(22(6)33(42)47-25)48-26-17-35(8,44-13)31(41)23(7)46-26/h18-19,21-27,29-32,34,39-41,43H,14-17H2,1-13H3/t18?,19-,21+,22-,23+,24+,25-,26+,27-,29+,30-,31+,32-,34+,35-,36?,37-/m1/s1. The number of esters is 1. The van der Waals surface area contributed by atoms with Crippen molar-refractivity contribution in [1.82, 2.24) is 4.90 Å². The van der Waals surface area contributed by atoms with Crippen molar-refractivity contribution in [2.24, 2.45) is 17.8 Å². The van der Waals surface area contributed by atoms with Crippen LogP contribution >= 0.6 is 0 Å². The van der Waals surface area contributed by atoms with Gasteiger partial charge in [0.1, 0.15) is 47.5 Å². The lowest BCUT2D eigenvalue weighted by Gasteiger charge is -2.48. The SMILES string of the molecule is CC[C@H]1OC(=O)[C@H](C)[C@@H](O[C@H]2C[C@@](C)(OC)[C@@H](O)[C@H](C)O2)[C@H](C)[C@@H](O[C@@H]2O[C@H](C)C[C@H](N(C)C)[C@H]2O)C2(C)CC(C)C(=C(C)[C@@H](O)[C@]1(C)O)O2. The zero-order valence-corrected chi connectivity index (χ0v) is 32.4. The van der Waals surface area contributed by atoms with Gasteiger partial charge in [0.05, 0.1) is 29.8 Å². The minimum atomic E-state index is -1.84. The lowest BCUT2D eigenvalue weighted by atomic mass is 9.78. The fourth-order valence-corrected chi connectivity index (χ4v) is 8.75. The second-order valence-corrected chi connectivity index (χ2v) is 16.3. The largest absolute Gasteiger partial charge is 0.489 e. The zero-order chi connectivity index (χ0) is 37.7. The summed E-state index contributed by atoms with van der Waals surface area (Å²) < 4.78 is 44.6. The summed E-state index contributed by atoms with van der Waals surface area (Å²) >= 11 is 0. The van der Waals surface area contributed by atoms with Gasteiger partial charge in [-0.3, -0.25) is 4.79 Å². The molecule has 0 spiro atoms. The third kappa shape index (κ3) is 7.93. The van der Waals surface area contributed by atoms with Gasteiger partial charge in [-0.15, -0.1) is 0 Å². The number of carbonyl (C=O) groups is 1. The van der Waals surface area contributed by atoms with E-state index in [1.807, 2.05) is 46.7 Å². The van der Waals surface area contributed by atoms with E-state index in [0.29, 0.717) is 24.2 Å². The quantitative estimate of drug-likeness (QED) is 0.285. The third-order valence-electron chi connectivity index (χ3n) is 11.9. The number of allylic oxidation sites excluding steroid dienone is 1. The summed E-state index contributed by atoms with van der Waals surface area (Å²) in [7, 11) is 5.34. The molecule has 0 aromatic carbocycles. The molecule has 4 rings (SSSR count). The van der Waals surface area contributed by atoms with Gasteiger partial charge < -0.3 is 58.5 Å². The summed E-state index contributed by atoms with van der Waals surface area (Å²) in [5, 5.41) is 45.8. The minimum absolute atomic E-state index is 0.174. The lowest BCUT2D eigenvalue weighted by molar-refractivity contribution is -0.316. The first kappa shape index (κ1) is 41.4.